The minimum Gasteiger partial charge on any atom is -0.480 e. The first-order valence-corrected chi connectivity index (χ1v) is 7.53. The van der Waals surface area contributed by atoms with Crippen LogP contribution in [0, 0.1) is 0 Å². The molecule has 1 aromatic heterocycles. The number of morpholine rings is 1. The van der Waals surface area contributed by atoms with E-state index in [9.17, 15) is 22.8 Å². The number of carbonyl (C=O) groups excluding carboxylic acids is 1. The Morgan fingerprint density at radius 1 is 1.43 bits per heavy atom. The number of thioether (sulfide) groups is 1. The first-order valence-electron chi connectivity index (χ1n) is 6.55. The number of pyridine rings is 1. The molecular formula is C13H13F3N2O4S. The molecule has 1 aliphatic heterocycles. The molecule has 1 saturated heterocycles. The zero-order valence-electron chi connectivity index (χ0n) is 11.7. The molecule has 0 aromatic carbocycles. The van der Waals surface area contributed by atoms with Crippen molar-refractivity contribution in [2.45, 2.75) is 17.2 Å². The standard InChI is InChI=1S/C13H13F3N2O4S/c14-13(15,16)8-1-2-10(17-5-8)23-7-11(19)18-3-4-22-6-9(18)12(20)21/h1-2,5,9H,3-4,6-7H2,(H,20,21). The van der Waals surface area contributed by atoms with Crippen molar-refractivity contribution >= 4 is 23.6 Å². The molecule has 1 atom stereocenters. The van der Waals surface area contributed by atoms with Crippen LogP contribution in [-0.2, 0) is 20.5 Å². The fraction of sp³-hybridized carbons (Fsp3) is 0.462. The predicted molar refractivity (Wildman–Crippen MR) is 73.9 cm³/mol. The number of amides is 1. The molecular weight excluding hydrogens is 337 g/mol. The van der Waals surface area contributed by atoms with E-state index in [0.29, 0.717) is 6.20 Å². The van der Waals surface area contributed by atoms with E-state index in [-0.39, 0.29) is 30.5 Å². The van der Waals surface area contributed by atoms with Crippen LogP contribution < -0.4 is 0 Å². The van der Waals surface area contributed by atoms with Crippen molar-refractivity contribution in [1.82, 2.24) is 9.88 Å². The molecule has 0 radical (unpaired) electrons. The average molecular weight is 350 g/mol. The molecule has 0 saturated carbocycles. The number of carboxylic acids is 1. The summed E-state index contributed by atoms with van der Waals surface area (Å²) in [5.41, 5.74) is -0.868. The average Bonchev–Trinajstić information content (AvgIpc) is 2.52. The molecule has 0 bridgehead atoms. The van der Waals surface area contributed by atoms with Gasteiger partial charge in [0.05, 0.1) is 29.6 Å². The Morgan fingerprint density at radius 3 is 2.74 bits per heavy atom. The van der Waals surface area contributed by atoms with E-state index in [2.05, 4.69) is 4.98 Å². The maximum absolute atomic E-state index is 12.4. The number of aliphatic carboxylic acids is 1. The van der Waals surface area contributed by atoms with Crippen molar-refractivity contribution in [3.63, 3.8) is 0 Å². The Hall–Kier alpha value is -1.81. The fourth-order valence-electron chi connectivity index (χ4n) is 1.96. The van der Waals surface area contributed by atoms with Crippen molar-refractivity contribution in [2.75, 3.05) is 25.5 Å². The minimum atomic E-state index is -4.46. The number of alkyl halides is 3. The van der Waals surface area contributed by atoms with E-state index in [1.165, 1.54) is 11.0 Å². The molecule has 6 nitrogen and oxygen atoms in total. The van der Waals surface area contributed by atoms with E-state index < -0.39 is 29.7 Å². The fourth-order valence-corrected chi connectivity index (χ4v) is 2.69. The van der Waals surface area contributed by atoms with E-state index >= 15 is 0 Å². The summed E-state index contributed by atoms with van der Waals surface area (Å²) in [6, 6.07) is 1.01. The van der Waals surface area contributed by atoms with Crippen LogP contribution in [-0.4, -0.2) is 58.4 Å². The molecule has 1 unspecified atom stereocenters. The van der Waals surface area contributed by atoms with Gasteiger partial charge in [0.2, 0.25) is 5.91 Å². The topological polar surface area (TPSA) is 79.7 Å². The van der Waals surface area contributed by atoms with Gasteiger partial charge in [-0.05, 0) is 12.1 Å². The van der Waals surface area contributed by atoms with Crippen LogP contribution in [0.3, 0.4) is 0 Å². The summed E-state index contributed by atoms with van der Waals surface area (Å²) in [5, 5.41) is 9.31. The van der Waals surface area contributed by atoms with Crippen molar-refractivity contribution < 1.29 is 32.6 Å². The number of aromatic nitrogens is 1. The van der Waals surface area contributed by atoms with Crippen LogP contribution >= 0.6 is 11.8 Å². The largest absolute Gasteiger partial charge is 0.480 e. The van der Waals surface area contributed by atoms with Gasteiger partial charge in [-0.2, -0.15) is 13.2 Å². The third kappa shape index (κ3) is 4.58. The van der Waals surface area contributed by atoms with Crippen LogP contribution in [0.5, 0.6) is 0 Å². The number of carbonyl (C=O) groups is 2. The van der Waals surface area contributed by atoms with Gasteiger partial charge in [0.25, 0.3) is 0 Å². The van der Waals surface area contributed by atoms with Gasteiger partial charge < -0.3 is 14.7 Å². The van der Waals surface area contributed by atoms with Gasteiger partial charge in [0.15, 0.2) is 6.04 Å². The third-order valence-electron chi connectivity index (χ3n) is 3.14. The quantitative estimate of drug-likeness (QED) is 0.829. The lowest BCUT2D eigenvalue weighted by atomic mass is 10.2. The second-order valence-corrected chi connectivity index (χ2v) is 5.68. The second-order valence-electron chi connectivity index (χ2n) is 4.69. The Bertz CT molecular complexity index is 580. The molecule has 1 N–H and O–H groups in total. The normalized spacial score (nSPS) is 18.7. The molecule has 1 aliphatic rings. The Labute approximate surface area is 133 Å². The molecule has 23 heavy (non-hydrogen) atoms. The number of rotatable bonds is 4. The predicted octanol–water partition coefficient (Wildman–Crippen LogP) is 1.50. The first kappa shape index (κ1) is 17.5. The smallest absolute Gasteiger partial charge is 0.417 e. The van der Waals surface area contributed by atoms with Gasteiger partial charge in [-0.15, -0.1) is 0 Å². The number of hydrogen-bond donors (Lipinski definition) is 1. The van der Waals surface area contributed by atoms with Crippen LogP contribution in [0.15, 0.2) is 23.4 Å². The molecule has 126 valence electrons. The van der Waals surface area contributed by atoms with E-state index in [1.54, 1.807) is 0 Å². The Morgan fingerprint density at radius 2 is 2.17 bits per heavy atom. The molecule has 2 rings (SSSR count). The number of hydrogen-bond acceptors (Lipinski definition) is 5. The second kappa shape index (κ2) is 7.18. The van der Waals surface area contributed by atoms with Gasteiger partial charge in [-0.1, -0.05) is 11.8 Å². The van der Waals surface area contributed by atoms with Gasteiger partial charge in [-0.3, -0.25) is 4.79 Å². The highest BCUT2D eigenvalue weighted by atomic mass is 32.2. The zero-order valence-corrected chi connectivity index (χ0v) is 12.6. The molecule has 2 heterocycles. The SMILES string of the molecule is O=C(O)C1COCCN1C(=O)CSc1ccc(C(F)(F)F)cn1. The van der Waals surface area contributed by atoms with Crippen molar-refractivity contribution in [3.8, 4) is 0 Å². The molecule has 1 fully saturated rings. The van der Waals surface area contributed by atoms with Gasteiger partial charge in [0, 0.05) is 12.7 Å². The van der Waals surface area contributed by atoms with Crippen molar-refractivity contribution in [3.05, 3.63) is 23.9 Å². The highest BCUT2D eigenvalue weighted by Gasteiger charge is 2.33. The van der Waals surface area contributed by atoms with Crippen LogP contribution in [0.1, 0.15) is 5.56 Å². The Kier molecular flexibility index (Phi) is 5.47. The highest BCUT2D eigenvalue weighted by molar-refractivity contribution is 7.99. The zero-order chi connectivity index (χ0) is 17.0. The number of halogens is 3. The maximum Gasteiger partial charge on any atom is 0.417 e. The lowest BCUT2D eigenvalue weighted by Gasteiger charge is -2.32. The number of nitrogens with zero attached hydrogens (tertiary/aromatic N) is 2. The van der Waals surface area contributed by atoms with Crippen molar-refractivity contribution in [1.29, 1.82) is 0 Å². The molecule has 10 heteroatoms. The Balaban J connectivity index is 1.94. The first-order chi connectivity index (χ1) is 10.8. The molecule has 1 amide bonds. The van der Waals surface area contributed by atoms with E-state index in [4.69, 9.17) is 9.84 Å². The van der Waals surface area contributed by atoms with E-state index in [1.807, 2.05) is 0 Å². The summed E-state index contributed by atoms with van der Waals surface area (Å²) in [5.74, 6) is -1.69. The third-order valence-corrected chi connectivity index (χ3v) is 4.07. The summed E-state index contributed by atoms with van der Waals surface area (Å²) >= 11 is 0.952. The van der Waals surface area contributed by atoms with Gasteiger partial charge >= 0.3 is 12.1 Å². The lowest BCUT2D eigenvalue weighted by Crippen LogP contribution is -2.53. The van der Waals surface area contributed by atoms with Gasteiger partial charge in [0.1, 0.15) is 0 Å². The molecule has 1 aromatic rings. The summed E-state index contributed by atoms with van der Waals surface area (Å²) < 4.78 is 42.3. The molecule has 0 aliphatic carbocycles. The lowest BCUT2D eigenvalue weighted by molar-refractivity contribution is -0.157. The van der Waals surface area contributed by atoms with Crippen molar-refractivity contribution in [2.24, 2.45) is 0 Å². The summed E-state index contributed by atoms with van der Waals surface area (Å²) in [4.78, 5) is 28.0. The maximum atomic E-state index is 12.4. The van der Waals surface area contributed by atoms with E-state index in [0.717, 1.165) is 17.8 Å². The number of ether oxygens (including phenoxy) is 1. The molecule has 0 spiro atoms. The minimum absolute atomic E-state index is 0.0791. The van der Waals surface area contributed by atoms with Crippen LogP contribution in [0.25, 0.3) is 0 Å². The van der Waals surface area contributed by atoms with Gasteiger partial charge in [-0.25, -0.2) is 9.78 Å². The summed E-state index contributed by atoms with van der Waals surface area (Å²) in [6.07, 6.45) is -3.77. The monoisotopic (exact) mass is 350 g/mol. The number of carboxylic acid groups (broad SMARTS) is 1. The van der Waals surface area contributed by atoms with Crippen LogP contribution in [0.2, 0.25) is 0 Å². The summed E-state index contributed by atoms with van der Waals surface area (Å²) in [6.45, 7) is 0.333. The summed E-state index contributed by atoms with van der Waals surface area (Å²) in [7, 11) is 0. The highest BCUT2D eigenvalue weighted by Crippen LogP contribution is 2.29. The van der Waals surface area contributed by atoms with Crippen LogP contribution in [0.4, 0.5) is 13.2 Å².